The van der Waals surface area contributed by atoms with Gasteiger partial charge in [-0.3, -0.25) is 14.4 Å². The number of nitrogens with one attached hydrogen (secondary N) is 2. The Morgan fingerprint density at radius 3 is 2.38 bits per heavy atom. The number of carbonyl (C=O) groups is 3. The quantitative estimate of drug-likeness (QED) is 0.804. The maximum Gasteiger partial charge on any atom is 0.229 e. The van der Waals surface area contributed by atoms with Crippen molar-refractivity contribution >= 4 is 34.8 Å². The molecular formula is C23H27N3O3. The lowest BCUT2D eigenvalue weighted by Gasteiger charge is -2.19. The molecule has 1 aliphatic rings. The van der Waals surface area contributed by atoms with E-state index in [4.69, 9.17) is 0 Å². The minimum atomic E-state index is -0.422. The van der Waals surface area contributed by atoms with Crippen LogP contribution in [0.3, 0.4) is 0 Å². The average molecular weight is 393 g/mol. The molecule has 2 N–H and O–H groups in total. The maximum absolute atomic E-state index is 12.8. The van der Waals surface area contributed by atoms with Gasteiger partial charge >= 0.3 is 0 Å². The summed E-state index contributed by atoms with van der Waals surface area (Å²) >= 11 is 0. The predicted molar refractivity (Wildman–Crippen MR) is 115 cm³/mol. The summed E-state index contributed by atoms with van der Waals surface area (Å²) in [5, 5.41) is 5.67. The lowest BCUT2D eigenvalue weighted by molar-refractivity contribution is -0.122. The first-order valence-electron chi connectivity index (χ1n) is 9.84. The zero-order valence-corrected chi connectivity index (χ0v) is 17.3. The number of carbonyl (C=O) groups excluding carboxylic acids is 3. The lowest BCUT2D eigenvalue weighted by atomic mass is 10.0. The molecule has 1 fully saturated rings. The summed E-state index contributed by atoms with van der Waals surface area (Å²) < 4.78 is 0. The van der Waals surface area contributed by atoms with Gasteiger partial charge < -0.3 is 15.5 Å². The monoisotopic (exact) mass is 393 g/mol. The van der Waals surface area contributed by atoms with E-state index in [9.17, 15) is 14.4 Å². The van der Waals surface area contributed by atoms with Crippen LogP contribution < -0.4 is 15.5 Å². The van der Waals surface area contributed by atoms with E-state index in [0.29, 0.717) is 23.8 Å². The largest absolute Gasteiger partial charge is 0.326 e. The van der Waals surface area contributed by atoms with Crippen LogP contribution in [-0.2, 0) is 14.4 Å². The van der Waals surface area contributed by atoms with Crippen LogP contribution in [0.1, 0.15) is 44.2 Å². The fourth-order valence-electron chi connectivity index (χ4n) is 3.52. The third-order valence-corrected chi connectivity index (χ3v) is 5.25. The normalized spacial score (nSPS) is 16.2. The van der Waals surface area contributed by atoms with Gasteiger partial charge in [0, 0.05) is 37.0 Å². The molecule has 3 amide bonds. The zero-order valence-electron chi connectivity index (χ0n) is 17.3. The molecule has 0 spiro atoms. The average Bonchev–Trinajstić information content (AvgIpc) is 3.06. The first-order valence-corrected chi connectivity index (χ1v) is 9.84. The Labute approximate surface area is 171 Å². The first kappa shape index (κ1) is 20.6. The fourth-order valence-corrected chi connectivity index (χ4v) is 3.52. The van der Waals surface area contributed by atoms with Crippen LogP contribution in [0.5, 0.6) is 0 Å². The van der Waals surface area contributed by atoms with Crippen LogP contribution >= 0.6 is 0 Å². The van der Waals surface area contributed by atoms with Crippen molar-refractivity contribution in [1.82, 2.24) is 0 Å². The summed E-state index contributed by atoms with van der Waals surface area (Å²) in [4.78, 5) is 38.4. The van der Waals surface area contributed by atoms with E-state index < -0.39 is 5.92 Å². The van der Waals surface area contributed by atoms with Gasteiger partial charge in [0.05, 0.1) is 5.92 Å². The maximum atomic E-state index is 12.8. The van der Waals surface area contributed by atoms with Crippen LogP contribution in [-0.4, -0.2) is 24.3 Å². The van der Waals surface area contributed by atoms with Gasteiger partial charge in [-0.15, -0.1) is 0 Å². The van der Waals surface area contributed by atoms with E-state index in [-0.39, 0.29) is 24.1 Å². The Kier molecular flexibility index (Phi) is 6.01. The number of anilines is 3. The number of hydrogen-bond donors (Lipinski definition) is 2. The Morgan fingerprint density at radius 2 is 1.72 bits per heavy atom. The van der Waals surface area contributed by atoms with Crippen LogP contribution in [0.25, 0.3) is 0 Å². The smallest absolute Gasteiger partial charge is 0.229 e. The van der Waals surface area contributed by atoms with E-state index in [2.05, 4.69) is 24.5 Å². The molecule has 3 rings (SSSR count). The van der Waals surface area contributed by atoms with Crippen LogP contribution in [0.2, 0.25) is 0 Å². The van der Waals surface area contributed by atoms with Gasteiger partial charge in [-0.2, -0.15) is 0 Å². The molecule has 0 aromatic heterocycles. The molecular weight excluding hydrogens is 366 g/mol. The highest BCUT2D eigenvalue weighted by molar-refractivity contribution is 6.04. The predicted octanol–water partition coefficient (Wildman–Crippen LogP) is 4.07. The van der Waals surface area contributed by atoms with E-state index >= 15 is 0 Å². The molecule has 0 bridgehead atoms. The van der Waals surface area contributed by atoms with Gasteiger partial charge in [0.15, 0.2) is 0 Å². The molecule has 6 heteroatoms. The van der Waals surface area contributed by atoms with Crippen LogP contribution in [0.4, 0.5) is 17.1 Å². The summed E-state index contributed by atoms with van der Waals surface area (Å²) in [5.74, 6) is -0.462. The zero-order chi connectivity index (χ0) is 21.1. The molecule has 1 heterocycles. The highest BCUT2D eigenvalue weighted by Crippen LogP contribution is 2.29. The number of hydrogen-bond acceptors (Lipinski definition) is 3. The lowest BCUT2D eigenvalue weighted by Crippen LogP contribution is -2.28. The Morgan fingerprint density at radius 1 is 1.07 bits per heavy atom. The molecule has 2 aromatic rings. The van der Waals surface area contributed by atoms with Crippen molar-refractivity contribution in [1.29, 1.82) is 0 Å². The van der Waals surface area contributed by atoms with Crippen molar-refractivity contribution < 1.29 is 14.4 Å². The molecule has 1 aliphatic heterocycles. The van der Waals surface area contributed by atoms with Crippen molar-refractivity contribution in [3.8, 4) is 0 Å². The summed E-state index contributed by atoms with van der Waals surface area (Å²) in [7, 11) is 0. The van der Waals surface area contributed by atoms with Gasteiger partial charge in [-0.05, 0) is 48.2 Å². The summed E-state index contributed by atoms with van der Waals surface area (Å²) in [5.41, 5.74) is 4.06. The van der Waals surface area contributed by atoms with E-state index in [1.807, 2.05) is 31.2 Å². The van der Waals surface area contributed by atoms with Gasteiger partial charge in [0.25, 0.3) is 0 Å². The third kappa shape index (κ3) is 4.65. The number of nitrogens with zero attached hydrogens (tertiary/aromatic N) is 1. The minimum absolute atomic E-state index is 0.0465. The minimum Gasteiger partial charge on any atom is -0.326 e. The Hall–Kier alpha value is -3.15. The molecule has 152 valence electrons. The van der Waals surface area contributed by atoms with E-state index in [1.165, 1.54) is 6.92 Å². The van der Waals surface area contributed by atoms with Crippen LogP contribution in [0, 0.1) is 12.8 Å². The highest BCUT2D eigenvalue weighted by Gasteiger charge is 2.35. The standard InChI is InChI=1S/C23H27N3O3/c1-14(2)17-7-5-8-19(11-17)26-13-18(12-22(26)28)23(29)25-21-10-6-9-20(15(21)3)24-16(4)27/h5-11,14,18H,12-13H2,1-4H3,(H,24,27)(H,25,29)/t18-/m1/s1. The number of benzene rings is 2. The summed E-state index contributed by atoms with van der Waals surface area (Å²) in [6.45, 7) is 7.86. The second-order valence-electron chi connectivity index (χ2n) is 7.80. The highest BCUT2D eigenvalue weighted by atomic mass is 16.2. The van der Waals surface area contributed by atoms with Crippen molar-refractivity contribution in [2.24, 2.45) is 5.92 Å². The molecule has 1 saturated heterocycles. The second-order valence-corrected chi connectivity index (χ2v) is 7.80. The van der Waals surface area contributed by atoms with E-state index in [1.54, 1.807) is 23.1 Å². The topological polar surface area (TPSA) is 78.5 Å². The van der Waals surface area contributed by atoms with Crippen molar-refractivity contribution in [2.75, 3.05) is 22.1 Å². The van der Waals surface area contributed by atoms with Crippen molar-refractivity contribution in [3.63, 3.8) is 0 Å². The summed E-state index contributed by atoms with van der Waals surface area (Å²) in [6.07, 6.45) is 0.183. The van der Waals surface area contributed by atoms with E-state index in [0.717, 1.165) is 16.8 Å². The Bertz CT molecular complexity index is 952. The molecule has 0 saturated carbocycles. The fraction of sp³-hybridized carbons (Fsp3) is 0.348. The molecule has 0 aliphatic carbocycles. The van der Waals surface area contributed by atoms with Gasteiger partial charge in [-0.25, -0.2) is 0 Å². The van der Waals surface area contributed by atoms with Gasteiger partial charge in [0.2, 0.25) is 17.7 Å². The molecule has 2 aromatic carbocycles. The number of rotatable bonds is 5. The van der Waals surface area contributed by atoms with Crippen molar-refractivity contribution in [2.45, 2.75) is 40.0 Å². The third-order valence-electron chi connectivity index (χ3n) is 5.25. The molecule has 0 unspecified atom stereocenters. The summed E-state index contributed by atoms with van der Waals surface area (Å²) in [6, 6.07) is 13.3. The molecule has 29 heavy (non-hydrogen) atoms. The molecule has 1 atom stereocenters. The second kappa shape index (κ2) is 8.47. The number of amides is 3. The first-order chi connectivity index (χ1) is 13.8. The Balaban J connectivity index is 1.73. The molecule has 0 radical (unpaired) electrons. The van der Waals surface area contributed by atoms with Crippen LogP contribution in [0.15, 0.2) is 42.5 Å². The SMILES string of the molecule is CC(=O)Nc1cccc(NC(=O)[C@@H]2CC(=O)N(c3cccc(C(C)C)c3)C2)c1C. The molecule has 6 nitrogen and oxygen atoms in total. The van der Waals surface area contributed by atoms with Gasteiger partial charge in [0.1, 0.15) is 0 Å². The van der Waals surface area contributed by atoms with Gasteiger partial charge in [-0.1, -0.05) is 32.0 Å². The van der Waals surface area contributed by atoms with Crippen molar-refractivity contribution in [3.05, 3.63) is 53.6 Å².